The van der Waals surface area contributed by atoms with Crippen LogP contribution in [-0.4, -0.2) is 27.0 Å². The number of aromatic hydroxyl groups is 2. The van der Waals surface area contributed by atoms with Crippen LogP contribution in [0.15, 0.2) is 45.8 Å². The van der Waals surface area contributed by atoms with E-state index in [2.05, 4.69) is 0 Å². The molecular formula is C20H18O6. The number of aliphatic hydroxyl groups is 1. The lowest BCUT2D eigenvalue weighted by Crippen LogP contribution is -2.46. The lowest BCUT2D eigenvalue weighted by molar-refractivity contribution is -0.0411. The zero-order valence-corrected chi connectivity index (χ0v) is 14.3. The highest BCUT2D eigenvalue weighted by atomic mass is 16.5. The van der Waals surface area contributed by atoms with Crippen molar-refractivity contribution in [1.82, 2.24) is 0 Å². The van der Waals surface area contributed by atoms with Crippen molar-refractivity contribution in [3.63, 3.8) is 0 Å². The van der Waals surface area contributed by atoms with Gasteiger partial charge in [-0.3, -0.25) is 4.79 Å². The third-order valence-corrected chi connectivity index (χ3v) is 4.80. The number of hydrogen-bond acceptors (Lipinski definition) is 6. The molecule has 1 aliphatic rings. The molecule has 0 saturated heterocycles. The maximum absolute atomic E-state index is 12.8. The van der Waals surface area contributed by atoms with Crippen molar-refractivity contribution in [1.29, 1.82) is 0 Å². The topological polar surface area (TPSA) is 100 Å². The van der Waals surface area contributed by atoms with E-state index in [1.807, 2.05) is 13.8 Å². The third-order valence-electron chi connectivity index (χ3n) is 4.80. The van der Waals surface area contributed by atoms with Gasteiger partial charge in [-0.2, -0.15) is 0 Å². The van der Waals surface area contributed by atoms with E-state index in [1.54, 1.807) is 18.2 Å². The Morgan fingerprint density at radius 3 is 2.69 bits per heavy atom. The Balaban J connectivity index is 1.86. The average Bonchev–Trinajstić information content (AvgIpc) is 2.55. The summed E-state index contributed by atoms with van der Waals surface area (Å²) in [5, 5.41) is 29.8. The number of phenolic OH excluding ortho intramolecular Hbond substituents is 2. The third kappa shape index (κ3) is 2.50. The molecule has 1 aliphatic heterocycles. The van der Waals surface area contributed by atoms with Gasteiger partial charge in [0.2, 0.25) is 5.43 Å². The van der Waals surface area contributed by atoms with E-state index in [-0.39, 0.29) is 28.0 Å². The largest absolute Gasteiger partial charge is 0.508 e. The zero-order valence-electron chi connectivity index (χ0n) is 14.3. The van der Waals surface area contributed by atoms with E-state index in [4.69, 9.17) is 9.15 Å². The van der Waals surface area contributed by atoms with Crippen molar-refractivity contribution in [3.05, 3.63) is 52.4 Å². The molecule has 1 atom stereocenters. The number of aliphatic hydroxyl groups excluding tert-OH is 1. The lowest BCUT2D eigenvalue weighted by atomic mass is 9.89. The van der Waals surface area contributed by atoms with Crippen molar-refractivity contribution in [2.45, 2.75) is 32.0 Å². The molecule has 0 bridgehead atoms. The average molecular weight is 354 g/mol. The van der Waals surface area contributed by atoms with Gasteiger partial charge in [-0.05, 0) is 37.1 Å². The number of hydrogen-bond donors (Lipinski definition) is 3. The Labute approximate surface area is 148 Å². The first kappa shape index (κ1) is 16.5. The lowest BCUT2D eigenvalue weighted by Gasteiger charge is -2.37. The van der Waals surface area contributed by atoms with Gasteiger partial charge in [0.1, 0.15) is 40.1 Å². The van der Waals surface area contributed by atoms with Gasteiger partial charge in [-0.1, -0.05) is 6.07 Å². The SMILES string of the molecule is CC1(C)Oc2ccc(-c3coc4cc(O)cc(O)c4c3=O)cc2C[C@@H]1O. The first-order valence-corrected chi connectivity index (χ1v) is 8.24. The van der Waals surface area contributed by atoms with Crippen LogP contribution >= 0.6 is 0 Å². The molecule has 2 heterocycles. The monoisotopic (exact) mass is 354 g/mol. The van der Waals surface area contributed by atoms with Gasteiger partial charge >= 0.3 is 0 Å². The highest BCUT2D eigenvalue weighted by Crippen LogP contribution is 2.36. The highest BCUT2D eigenvalue weighted by Gasteiger charge is 2.35. The Hall–Kier alpha value is -2.99. The van der Waals surface area contributed by atoms with Crippen LogP contribution < -0.4 is 10.2 Å². The van der Waals surface area contributed by atoms with Crippen molar-refractivity contribution in [2.75, 3.05) is 0 Å². The summed E-state index contributed by atoms with van der Waals surface area (Å²) >= 11 is 0. The molecule has 3 N–H and O–H groups in total. The van der Waals surface area contributed by atoms with E-state index < -0.39 is 17.1 Å². The summed E-state index contributed by atoms with van der Waals surface area (Å²) in [7, 11) is 0. The summed E-state index contributed by atoms with van der Waals surface area (Å²) in [6, 6.07) is 7.66. The smallest absolute Gasteiger partial charge is 0.204 e. The van der Waals surface area contributed by atoms with E-state index in [0.29, 0.717) is 17.7 Å². The highest BCUT2D eigenvalue weighted by molar-refractivity contribution is 5.88. The van der Waals surface area contributed by atoms with Crippen LogP contribution in [0.4, 0.5) is 0 Å². The molecule has 0 radical (unpaired) electrons. The standard InChI is InChI=1S/C20H18O6/c1-20(2)17(23)6-11-5-10(3-4-15(11)26-20)13-9-25-16-8-12(21)7-14(22)18(16)19(13)24/h3-5,7-9,17,21-23H,6H2,1-2H3/t17-/m0/s1. The quantitative estimate of drug-likeness (QED) is 0.621. The summed E-state index contributed by atoms with van der Waals surface area (Å²) in [5.41, 5.74) is 0.701. The van der Waals surface area contributed by atoms with Crippen LogP contribution in [0, 0.1) is 0 Å². The molecule has 134 valence electrons. The molecule has 0 unspecified atom stereocenters. The van der Waals surface area contributed by atoms with E-state index >= 15 is 0 Å². The minimum atomic E-state index is -0.676. The van der Waals surface area contributed by atoms with Gasteiger partial charge in [0.25, 0.3) is 0 Å². The Bertz CT molecular complexity index is 1080. The number of phenols is 2. The minimum absolute atomic E-state index is 0.00967. The van der Waals surface area contributed by atoms with Crippen LogP contribution in [0.5, 0.6) is 17.2 Å². The second kappa shape index (κ2) is 5.51. The molecule has 3 aromatic rings. The Kier molecular flexibility index (Phi) is 3.49. The van der Waals surface area contributed by atoms with Crippen LogP contribution in [0.2, 0.25) is 0 Å². The summed E-state index contributed by atoms with van der Waals surface area (Å²) in [6.45, 7) is 3.65. The molecule has 6 nitrogen and oxygen atoms in total. The molecule has 26 heavy (non-hydrogen) atoms. The summed E-state index contributed by atoms with van der Waals surface area (Å²) in [5.74, 6) is 0.143. The van der Waals surface area contributed by atoms with Gasteiger partial charge in [-0.25, -0.2) is 0 Å². The molecular weight excluding hydrogens is 336 g/mol. The number of ether oxygens (including phenoxy) is 1. The van der Waals surface area contributed by atoms with Gasteiger partial charge in [-0.15, -0.1) is 0 Å². The predicted octanol–water partition coefficient (Wildman–Crippen LogP) is 2.95. The predicted molar refractivity (Wildman–Crippen MR) is 95.7 cm³/mol. The normalized spacial score (nSPS) is 18.3. The zero-order chi connectivity index (χ0) is 18.6. The molecule has 6 heteroatoms. The minimum Gasteiger partial charge on any atom is -0.508 e. The van der Waals surface area contributed by atoms with Gasteiger partial charge in [0, 0.05) is 18.6 Å². The summed E-state index contributed by atoms with van der Waals surface area (Å²) < 4.78 is 11.3. The fourth-order valence-electron chi connectivity index (χ4n) is 3.23. The second-order valence-electron chi connectivity index (χ2n) is 7.06. The summed E-state index contributed by atoms with van der Waals surface area (Å²) in [6.07, 6.45) is 1.05. The summed E-state index contributed by atoms with van der Waals surface area (Å²) in [4.78, 5) is 12.8. The fourth-order valence-corrected chi connectivity index (χ4v) is 3.23. The van der Waals surface area contributed by atoms with Crippen LogP contribution in [0.3, 0.4) is 0 Å². The van der Waals surface area contributed by atoms with E-state index in [1.165, 1.54) is 12.3 Å². The molecule has 0 spiro atoms. The second-order valence-corrected chi connectivity index (χ2v) is 7.06. The number of rotatable bonds is 1. The molecule has 0 saturated carbocycles. The van der Waals surface area contributed by atoms with Gasteiger partial charge in [0.15, 0.2) is 0 Å². The number of benzene rings is 2. The van der Waals surface area contributed by atoms with Crippen molar-refractivity contribution in [2.24, 2.45) is 0 Å². The first-order valence-electron chi connectivity index (χ1n) is 8.24. The van der Waals surface area contributed by atoms with Crippen molar-refractivity contribution < 1.29 is 24.5 Å². The molecule has 0 aliphatic carbocycles. The van der Waals surface area contributed by atoms with Crippen LogP contribution in [0.1, 0.15) is 19.4 Å². The maximum atomic E-state index is 12.8. The van der Waals surface area contributed by atoms with E-state index in [9.17, 15) is 20.1 Å². The van der Waals surface area contributed by atoms with Crippen LogP contribution in [0.25, 0.3) is 22.1 Å². The van der Waals surface area contributed by atoms with Gasteiger partial charge in [0.05, 0.1) is 11.7 Å². The maximum Gasteiger partial charge on any atom is 0.204 e. The molecule has 0 amide bonds. The molecule has 4 rings (SSSR count). The van der Waals surface area contributed by atoms with Gasteiger partial charge < -0.3 is 24.5 Å². The Morgan fingerprint density at radius 1 is 1.15 bits per heavy atom. The first-order chi connectivity index (χ1) is 12.3. The number of fused-ring (bicyclic) bond motifs is 2. The Morgan fingerprint density at radius 2 is 1.92 bits per heavy atom. The van der Waals surface area contributed by atoms with E-state index in [0.717, 1.165) is 11.6 Å². The molecule has 1 aromatic heterocycles. The molecule has 2 aromatic carbocycles. The molecule has 0 fully saturated rings. The van der Waals surface area contributed by atoms with Crippen molar-refractivity contribution >= 4 is 11.0 Å². The van der Waals surface area contributed by atoms with Crippen molar-refractivity contribution in [3.8, 4) is 28.4 Å². The van der Waals surface area contributed by atoms with Crippen LogP contribution in [-0.2, 0) is 6.42 Å². The fraction of sp³-hybridized carbons (Fsp3) is 0.250.